The van der Waals surface area contributed by atoms with Gasteiger partial charge in [0.25, 0.3) is 6.43 Å². The van der Waals surface area contributed by atoms with Crippen molar-refractivity contribution in [3.63, 3.8) is 0 Å². The van der Waals surface area contributed by atoms with Gasteiger partial charge < -0.3 is 9.47 Å². The van der Waals surface area contributed by atoms with Crippen LogP contribution >= 0.6 is 11.6 Å². The Morgan fingerprint density at radius 1 is 1.50 bits per heavy atom. The minimum atomic E-state index is -2.79. The maximum Gasteiger partial charge on any atom is 0.311 e. The molecule has 100 valence electrons. The molecule has 0 unspecified atom stereocenters. The molecular weight excluding hydrogens is 268 g/mol. The number of hydrogen-bond acceptors (Lipinski definition) is 4. The van der Waals surface area contributed by atoms with Crippen molar-refractivity contribution in [2.75, 3.05) is 14.2 Å². The molecule has 0 amide bonds. The van der Waals surface area contributed by atoms with Gasteiger partial charge in [-0.25, -0.2) is 13.8 Å². The first-order valence-corrected chi connectivity index (χ1v) is 5.54. The molecule has 0 aliphatic rings. The lowest BCUT2D eigenvalue weighted by Gasteiger charge is -2.12. The molecule has 0 atom stereocenters. The third kappa shape index (κ3) is 3.29. The molecule has 0 spiro atoms. The lowest BCUT2D eigenvalue weighted by molar-refractivity contribution is -0.139. The predicted octanol–water partition coefficient (Wildman–Crippen LogP) is 2.48. The molecule has 1 aromatic heterocycles. The number of methoxy groups -OCH3 is 2. The number of rotatable bonds is 5. The summed E-state index contributed by atoms with van der Waals surface area (Å²) in [6, 6.07) is 1.36. The molecule has 0 aromatic carbocycles. The fourth-order valence-electron chi connectivity index (χ4n) is 1.39. The van der Waals surface area contributed by atoms with Crippen molar-refractivity contribution in [3.05, 3.63) is 23.0 Å². The van der Waals surface area contributed by atoms with Crippen LogP contribution in [-0.4, -0.2) is 25.2 Å². The average molecular weight is 280 g/mol. The van der Waals surface area contributed by atoms with Gasteiger partial charge in [-0.1, -0.05) is 0 Å². The second kappa shape index (κ2) is 6.49. The van der Waals surface area contributed by atoms with Crippen molar-refractivity contribution in [1.82, 2.24) is 4.98 Å². The molecule has 7 heteroatoms. The van der Waals surface area contributed by atoms with Crippen molar-refractivity contribution >= 4 is 17.6 Å². The summed E-state index contributed by atoms with van der Waals surface area (Å²) in [4.78, 5) is 14.9. The van der Waals surface area contributed by atoms with Crippen LogP contribution in [0.15, 0.2) is 6.07 Å². The maximum absolute atomic E-state index is 12.8. The third-order valence-electron chi connectivity index (χ3n) is 2.29. The molecule has 0 aliphatic carbocycles. The second-order valence-corrected chi connectivity index (χ2v) is 3.64. The number of alkyl halides is 3. The molecule has 0 aliphatic heterocycles. The van der Waals surface area contributed by atoms with Gasteiger partial charge >= 0.3 is 5.97 Å². The molecule has 1 heterocycles. The van der Waals surface area contributed by atoms with Crippen LogP contribution in [0.1, 0.15) is 23.4 Å². The standard InChI is InChI=1S/C11H12ClF2NO3/c1-17-8-3-6(5-12)7(4-9(16)18-2)15-10(8)11(13)14/h3,11H,4-5H2,1-2H3. The summed E-state index contributed by atoms with van der Waals surface area (Å²) in [5.41, 5.74) is 0.126. The highest BCUT2D eigenvalue weighted by Crippen LogP contribution is 2.29. The molecular formula is C11H12ClF2NO3. The van der Waals surface area contributed by atoms with Crippen molar-refractivity contribution in [2.45, 2.75) is 18.7 Å². The SMILES string of the molecule is COC(=O)Cc1nc(C(F)F)c(OC)cc1CCl. The number of esters is 1. The Labute approximate surface area is 108 Å². The summed E-state index contributed by atoms with van der Waals surface area (Å²) < 4.78 is 34.8. The first kappa shape index (κ1) is 14.6. The molecule has 0 N–H and O–H groups in total. The van der Waals surface area contributed by atoms with Gasteiger partial charge in [0.2, 0.25) is 0 Å². The number of carbonyl (C=O) groups excluding carboxylic acids is 1. The molecule has 0 saturated heterocycles. The Bertz CT molecular complexity index is 441. The second-order valence-electron chi connectivity index (χ2n) is 3.37. The maximum atomic E-state index is 12.8. The molecule has 0 radical (unpaired) electrons. The number of halogens is 3. The number of hydrogen-bond donors (Lipinski definition) is 0. The first-order valence-electron chi connectivity index (χ1n) is 5.01. The highest BCUT2D eigenvalue weighted by Gasteiger charge is 2.20. The molecule has 0 bridgehead atoms. The van der Waals surface area contributed by atoms with Crippen molar-refractivity contribution in [2.24, 2.45) is 0 Å². The highest BCUT2D eigenvalue weighted by atomic mass is 35.5. The fraction of sp³-hybridized carbons (Fsp3) is 0.455. The highest BCUT2D eigenvalue weighted by molar-refractivity contribution is 6.17. The Kier molecular flexibility index (Phi) is 5.27. The molecule has 1 rings (SSSR count). The van der Waals surface area contributed by atoms with E-state index in [0.29, 0.717) is 5.56 Å². The van der Waals surface area contributed by atoms with Crippen molar-refractivity contribution in [1.29, 1.82) is 0 Å². The van der Waals surface area contributed by atoms with Crippen LogP contribution < -0.4 is 4.74 Å². The van der Waals surface area contributed by atoms with Crippen LogP contribution in [0.3, 0.4) is 0 Å². The zero-order valence-corrected chi connectivity index (χ0v) is 10.6. The monoisotopic (exact) mass is 279 g/mol. The summed E-state index contributed by atoms with van der Waals surface area (Å²) in [6.45, 7) is 0. The van der Waals surface area contributed by atoms with Gasteiger partial charge in [0.15, 0.2) is 0 Å². The summed E-state index contributed by atoms with van der Waals surface area (Å²) in [7, 11) is 2.47. The minimum absolute atomic E-state index is 0.0409. The lowest BCUT2D eigenvalue weighted by atomic mass is 10.1. The van der Waals surface area contributed by atoms with Crippen LogP contribution in [0.4, 0.5) is 8.78 Å². The Morgan fingerprint density at radius 2 is 2.17 bits per heavy atom. The molecule has 0 fully saturated rings. The number of nitrogens with zero attached hydrogens (tertiary/aromatic N) is 1. The van der Waals surface area contributed by atoms with Gasteiger partial charge in [0.1, 0.15) is 11.4 Å². The molecule has 4 nitrogen and oxygen atoms in total. The number of ether oxygens (including phenoxy) is 2. The summed E-state index contributed by atoms with van der Waals surface area (Å²) in [6.07, 6.45) is -3.00. The van der Waals surface area contributed by atoms with Crippen molar-refractivity contribution in [3.8, 4) is 5.75 Å². The smallest absolute Gasteiger partial charge is 0.311 e. The van der Waals surface area contributed by atoms with Gasteiger partial charge in [0, 0.05) is 5.88 Å². The quantitative estimate of drug-likeness (QED) is 0.614. The van der Waals surface area contributed by atoms with Gasteiger partial charge in [-0.2, -0.15) is 0 Å². The van der Waals surface area contributed by atoms with E-state index >= 15 is 0 Å². The Balaban J connectivity index is 3.22. The Morgan fingerprint density at radius 3 is 2.61 bits per heavy atom. The van der Waals surface area contributed by atoms with Crippen LogP contribution in [0, 0.1) is 0 Å². The van der Waals surface area contributed by atoms with Crippen LogP contribution in [0.2, 0.25) is 0 Å². The van der Waals surface area contributed by atoms with Crippen LogP contribution in [0.25, 0.3) is 0 Å². The van der Waals surface area contributed by atoms with Gasteiger partial charge in [-0.15, -0.1) is 11.6 Å². The van der Waals surface area contributed by atoms with E-state index in [-0.39, 0.29) is 23.7 Å². The Hall–Kier alpha value is -1.43. The minimum Gasteiger partial charge on any atom is -0.495 e. The summed E-state index contributed by atoms with van der Waals surface area (Å²) in [5.74, 6) is -0.576. The molecule has 1 aromatic rings. The van der Waals surface area contributed by atoms with E-state index < -0.39 is 18.1 Å². The van der Waals surface area contributed by atoms with E-state index in [0.717, 1.165) is 0 Å². The average Bonchev–Trinajstić information content (AvgIpc) is 2.37. The van der Waals surface area contributed by atoms with Gasteiger partial charge in [-0.3, -0.25) is 4.79 Å². The van der Waals surface area contributed by atoms with Crippen molar-refractivity contribution < 1.29 is 23.0 Å². The first-order chi connectivity index (χ1) is 8.53. The number of carbonyl (C=O) groups is 1. The van der Waals surface area contributed by atoms with Crippen LogP contribution in [0.5, 0.6) is 5.75 Å². The van der Waals surface area contributed by atoms with Gasteiger partial charge in [0.05, 0.1) is 26.3 Å². The predicted molar refractivity (Wildman–Crippen MR) is 61.0 cm³/mol. The zero-order valence-electron chi connectivity index (χ0n) is 9.87. The number of pyridine rings is 1. The van der Waals surface area contributed by atoms with E-state index in [9.17, 15) is 13.6 Å². The van der Waals surface area contributed by atoms with Crippen LogP contribution in [-0.2, 0) is 21.8 Å². The van der Waals surface area contributed by atoms with E-state index in [1.54, 1.807) is 0 Å². The van der Waals surface area contributed by atoms with Gasteiger partial charge in [-0.05, 0) is 11.6 Å². The van der Waals surface area contributed by atoms with E-state index in [4.69, 9.17) is 16.3 Å². The topological polar surface area (TPSA) is 48.4 Å². The normalized spacial score (nSPS) is 10.6. The fourth-order valence-corrected chi connectivity index (χ4v) is 1.62. The molecule has 0 saturated carbocycles. The van der Waals surface area contributed by atoms with E-state index in [2.05, 4.69) is 9.72 Å². The number of aromatic nitrogens is 1. The lowest BCUT2D eigenvalue weighted by Crippen LogP contribution is -2.11. The zero-order chi connectivity index (χ0) is 13.7. The summed E-state index contributed by atoms with van der Waals surface area (Å²) in [5, 5.41) is 0. The van der Waals surface area contributed by atoms with E-state index in [1.807, 2.05) is 0 Å². The van der Waals surface area contributed by atoms with E-state index in [1.165, 1.54) is 20.3 Å². The largest absolute Gasteiger partial charge is 0.495 e. The molecule has 18 heavy (non-hydrogen) atoms. The summed E-state index contributed by atoms with van der Waals surface area (Å²) >= 11 is 5.68. The third-order valence-corrected chi connectivity index (χ3v) is 2.58.